The Morgan fingerprint density at radius 1 is 1.42 bits per heavy atom. The molecule has 0 aromatic carbocycles. The molecular weight excluding hydrogens is 340 g/mol. The Bertz CT molecular complexity index is 539. The van der Waals surface area contributed by atoms with E-state index >= 15 is 0 Å². The smallest absolute Gasteiger partial charge is 0.224 e. The van der Waals surface area contributed by atoms with Crippen molar-refractivity contribution in [3.05, 3.63) is 23.9 Å². The maximum absolute atomic E-state index is 12.9. The van der Waals surface area contributed by atoms with Gasteiger partial charge in [-0.2, -0.15) is 0 Å². The first kappa shape index (κ1) is 19.6. The molecule has 0 aromatic rings. The van der Waals surface area contributed by atoms with Gasteiger partial charge in [-0.1, -0.05) is 38.8 Å². The minimum absolute atomic E-state index is 0. The van der Waals surface area contributed by atoms with Gasteiger partial charge in [0.15, 0.2) is 0 Å². The number of allylic oxidation sites excluding steroid dienone is 3. The van der Waals surface area contributed by atoms with Crippen molar-refractivity contribution in [1.82, 2.24) is 5.32 Å². The zero-order valence-electron chi connectivity index (χ0n) is 14.7. The summed E-state index contributed by atoms with van der Waals surface area (Å²) < 4.78 is 0.0521. The molecule has 0 radical (unpaired) electrons. The highest BCUT2D eigenvalue weighted by molar-refractivity contribution is 8.01. The standard InChI is InChI=1S/C19H28N2OS.ClH/c1-3-7-14(8-4-2)21-18(22)15-13-23-19-11-6-5-9-17(19)20-12-10-16(15)19;/h5-6,9,12,14-16H,3-4,7-8,10-11,13H2,1-2H3,(H,21,22);1H. The molecule has 134 valence electrons. The van der Waals surface area contributed by atoms with Crippen LogP contribution in [0.25, 0.3) is 0 Å². The molecule has 1 spiro atoms. The predicted molar refractivity (Wildman–Crippen MR) is 106 cm³/mol. The first-order chi connectivity index (χ1) is 11.2. The lowest BCUT2D eigenvalue weighted by atomic mass is 9.73. The topological polar surface area (TPSA) is 41.5 Å². The summed E-state index contributed by atoms with van der Waals surface area (Å²) in [7, 11) is 0. The lowest BCUT2D eigenvalue weighted by Gasteiger charge is -2.39. The highest BCUT2D eigenvalue weighted by Crippen LogP contribution is 2.57. The molecule has 1 fully saturated rings. The van der Waals surface area contributed by atoms with E-state index in [1.54, 1.807) is 0 Å². The molecule has 1 amide bonds. The largest absolute Gasteiger partial charge is 0.353 e. The van der Waals surface area contributed by atoms with Crippen LogP contribution in [0, 0.1) is 11.8 Å². The quantitative estimate of drug-likeness (QED) is 0.748. The summed E-state index contributed by atoms with van der Waals surface area (Å²) in [5, 5.41) is 3.35. The highest BCUT2D eigenvalue weighted by atomic mass is 35.5. The van der Waals surface area contributed by atoms with E-state index in [0.717, 1.165) is 44.3 Å². The van der Waals surface area contributed by atoms with Crippen LogP contribution in [0.5, 0.6) is 0 Å². The van der Waals surface area contributed by atoms with Crippen LogP contribution in [0.3, 0.4) is 0 Å². The minimum atomic E-state index is 0. The zero-order valence-corrected chi connectivity index (χ0v) is 16.3. The maximum Gasteiger partial charge on any atom is 0.224 e. The summed E-state index contributed by atoms with van der Waals surface area (Å²) in [5.41, 5.74) is 1.18. The van der Waals surface area contributed by atoms with Gasteiger partial charge in [0, 0.05) is 18.0 Å². The van der Waals surface area contributed by atoms with Gasteiger partial charge in [-0.3, -0.25) is 9.79 Å². The van der Waals surface area contributed by atoms with Crippen molar-refractivity contribution >= 4 is 36.3 Å². The number of thioether (sulfide) groups is 1. The van der Waals surface area contributed by atoms with Crippen LogP contribution in [0.1, 0.15) is 52.4 Å². The first-order valence-electron chi connectivity index (χ1n) is 9.05. The van der Waals surface area contributed by atoms with E-state index in [1.165, 1.54) is 5.70 Å². The summed E-state index contributed by atoms with van der Waals surface area (Å²) in [6.45, 7) is 4.39. The third-order valence-electron chi connectivity index (χ3n) is 5.40. The molecule has 3 unspecified atom stereocenters. The molecule has 5 heteroatoms. The zero-order chi connectivity index (χ0) is 16.3. The first-order valence-corrected chi connectivity index (χ1v) is 10.0. The third kappa shape index (κ3) is 3.60. The molecule has 2 heterocycles. The van der Waals surface area contributed by atoms with Crippen molar-refractivity contribution in [3.8, 4) is 0 Å². The van der Waals surface area contributed by atoms with Crippen LogP contribution < -0.4 is 5.32 Å². The summed E-state index contributed by atoms with van der Waals surface area (Å²) in [6, 6.07) is 0.345. The van der Waals surface area contributed by atoms with E-state index in [9.17, 15) is 4.79 Å². The van der Waals surface area contributed by atoms with Gasteiger partial charge in [0.2, 0.25) is 5.91 Å². The lowest BCUT2D eigenvalue weighted by molar-refractivity contribution is -0.126. The Hall–Kier alpha value is -0.740. The number of nitrogens with zero attached hydrogens (tertiary/aromatic N) is 1. The van der Waals surface area contributed by atoms with Crippen LogP contribution in [0.4, 0.5) is 0 Å². The van der Waals surface area contributed by atoms with Crippen molar-refractivity contribution in [3.63, 3.8) is 0 Å². The summed E-state index contributed by atoms with van der Waals surface area (Å²) in [4.78, 5) is 17.6. The summed E-state index contributed by atoms with van der Waals surface area (Å²) in [6.07, 6.45) is 14.9. The monoisotopic (exact) mass is 368 g/mol. The average Bonchev–Trinajstić information content (AvgIpc) is 2.93. The number of amides is 1. The number of nitrogens with one attached hydrogen (secondary N) is 1. The third-order valence-corrected chi connectivity index (χ3v) is 7.12. The number of hydrogen-bond donors (Lipinski definition) is 1. The Morgan fingerprint density at radius 3 is 2.88 bits per heavy atom. The Balaban J connectivity index is 0.00000208. The molecule has 0 saturated carbocycles. The van der Waals surface area contributed by atoms with Crippen LogP contribution in [-0.4, -0.2) is 28.7 Å². The van der Waals surface area contributed by atoms with Crippen LogP contribution >= 0.6 is 24.2 Å². The van der Waals surface area contributed by atoms with Gasteiger partial charge in [-0.25, -0.2) is 0 Å². The van der Waals surface area contributed by atoms with Crippen LogP contribution in [0.15, 0.2) is 28.9 Å². The lowest BCUT2D eigenvalue weighted by Crippen LogP contribution is -2.45. The van der Waals surface area contributed by atoms with Gasteiger partial charge < -0.3 is 5.32 Å². The molecule has 3 atom stereocenters. The Kier molecular flexibility index (Phi) is 6.99. The molecule has 0 aromatic heterocycles. The number of carbonyl (C=O) groups is 1. The van der Waals surface area contributed by atoms with Crippen molar-refractivity contribution in [2.24, 2.45) is 16.8 Å². The number of aliphatic imine (C=N–C) groups is 1. The molecule has 3 nitrogen and oxygen atoms in total. The maximum atomic E-state index is 12.9. The molecule has 1 aliphatic carbocycles. The van der Waals surface area contributed by atoms with E-state index < -0.39 is 0 Å². The van der Waals surface area contributed by atoms with E-state index in [-0.39, 0.29) is 29.0 Å². The number of halogens is 1. The average molecular weight is 369 g/mol. The van der Waals surface area contributed by atoms with Crippen molar-refractivity contribution in [2.45, 2.75) is 63.2 Å². The van der Waals surface area contributed by atoms with Gasteiger partial charge in [-0.05, 0) is 37.7 Å². The van der Waals surface area contributed by atoms with Crippen molar-refractivity contribution in [1.29, 1.82) is 0 Å². The van der Waals surface area contributed by atoms with Gasteiger partial charge in [-0.15, -0.1) is 24.2 Å². The minimum Gasteiger partial charge on any atom is -0.353 e. The normalized spacial score (nSPS) is 30.4. The number of rotatable bonds is 6. The summed E-state index contributed by atoms with van der Waals surface area (Å²) in [5.74, 6) is 1.72. The molecule has 1 saturated heterocycles. The Labute approximate surface area is 156 Å². The van der Waals surface area contributed by atoms with Gasteiger partial charge in [0.25, 0.3) is 0 Å². The highest BCUT2D eigenvalue weighted by Gasteiger charge is 2.54. The SMILES string of the molecule is CCCC(CCC)NC(=O)C1CSC23CC=CC=C2N=CCC13.Cl. The fourth-order valence-electron chi connectivity index (χ4n) is 4.23. The van der Waals surface area contributed by atoms with Crippen LogP contribution in [-0.2, 0) is 4.79 Å². The number of hydrogen-bond acceptors (Lipinski definition) is 3. The number of carbonyl (C=O) groups excluding carboxylic acids is 1. The summed E-state index contributed by atoms with van der Waals surface area (Å²) >= 11 is 1.95. The molecule has 3 aliphatic rings. The van der Waals surface area contributed by atoms with E-state index in [4.69, 9.17) is 0 Å². The Morgan fingerprint density at radius 2 is 2.17 bits per heavy atom. The second kappa shape index (κ2) is 8.57. The second-order valence-corrected chi connectivity index (χ2v) is 8.28. The van der Waals surface area contributed by atoms with Gasteiger partial charge in [0.05, 0.1) is 16.4 Å². The molecule has 0 bridgehead atoms. The predicted octanol–water partition coefficient (Wildman–Crippen LogP) is 4.53. The molecule has 2 aliphatic heterocycles. The van der Waals surface area contributed by atoms with E-state index in [2.05, 4.69) is 42.4 Å². The van der Waals surface area contributed by atoms with Crippen molar-refractivity contribution in [2.75, 3.05) is 5.75 Å². The molecule has 24 heavy (non-hydrogen) atoms. The fourth-order valence-corrected chi connectivity index (χ4v) is 6.05. The second-order valence-electron chi connectivity index (χ2n) is 6.93. The van der Waals surface area contributed by atoms with Gasteiger partial charge in [0.1, 0.15) is 0 Å². The van der Waals surface area contributed by atoms with Gasteiger partial charge >= 0.3 is 0 Å². The molecular formula is C19H29ClN2OS. The van der Waals surface area contributed by atoms with Crippen molar-refractivity contribution < 1.29 is 4.79 Å². The van der Waals surface area contributed by atoms with Crippen LogP contribution in [0.2, 0.25) is 0 Å². The van der Waals surface area contributed by atoms with E-state index in [1.807, 2.05) is 18.0 Å². The van der Waals surface area contributed by atoms with E-state index in [0.29, 0.717) is 12.0 Å². The molecule has 1 N–H and O–H groups in total. The fraction of sp³-hybridized carbons (Fsp3) is 0.684. The molecule has 3 rings (SSSR count).